The zero-order valence-corrected chi connectivity index (χ0v) is 16.8. The molecule has 1 aliphatic heterocycles. The Morgan fingerprint density at radius 1 is 1.06 bits per heavy atom. The van der Waals surface area contributed by atoms with Gasteiger partial charge in [-0.3, -0.25) is 19.7 Å². The minimum atomic E-state index is -1.21. The Hall–Kier alpha value is -4.27. The average Bonchev–Trinajstić information content (AvgIpc) is 2.78. The Labute approximate surface area is 181 Å². The predicted molar refractivity (Wildman–Crippen MR) is 112 cm³/mol. The molecule has 4 rings (SSSR count). The van der Waals surface area contributed by atoms with Gasteiger partial charge >= 0.3 is 11.7 Å². The lowest BCUT2D eigenvalue weighted by Gasteiger charge is -2.27. The molecule has 0 aliphatic carbocycles. The molecule has 8 nitrogen and oxygen atoms in total. The van der Waals surface area contributed by atoms with Gasteiger partial charge in [0.2, 0.25) is 5.82 Å². The summed E-state index contributed by atoms with van der Waals surface area (Å²) in [5, 5.41) is 13.3. The zero-order chi connectivity index (χ0) is 22.8. The smallest absolute Gasteiger partial charge is 0.318 e. The number of fused-ring (bicyclic) bond motifs is 2. The lowest BCUT2D eigenvalue weighted by Crippen LogP contribution is -2.32. The molecule has 0 fully saturated rings. The van der Waals surface area contributed by atoms with Crippen LogP contribution in [-0.2, 0) is 14.3 Å². The number of halogens is 1. The molecule has 0 bridgehead atoms. The van der Waals surface area contributed by atoms with Crippen LogP contribution in [0.5, 0.6) is 11.5 Å². The number of esters is 1. The third-order valence-electron chi connectivity index (χ3n) is 4.99. The summed E-state index contributed by atoms with van der Waals surface area (Å²) in [6.45, 7) is 1.38. The van der Waals surface area contributed by atoms with Crippen LogP contribution in [0.1, 0.15) is 24.0 Å². The third-order valence-corrected chi connectivity index (χ3v) is 4.99. The molecule has 0 radical (unpaired) electrons. The number of hydrogen-bond donors (Lipinski definition) is 1. The molecule has 3 aromatic carbocycles. The molecule has 1 N–H and O–H groups in total. The summed E-state index contributed by atoms with van der Waals surface area (Å²) in [7, 11) is 0. The van der Waals surface area contributed by atoms with Gasteiger partial charge in [-0.2, -0.15) is 4.39 Å². The average molecular weight is 436 g/mol. The van der Waals surface area contributed by atoms with Crippen molar-refractivity contribution in [3.05, 3.63) is 93.8 Å². The van der Waals surface area contributed by atoms with E-state index in [0.29, 0.717) is 22.6 Å². The van der Waals surface area contributed by atoms with E-state index in [1.54, 1.807) is 48.5 Å². The van der Waals surface area contributed by atoms with Crippen molar-refractivity contribution < 1.29 is 28.4 Å². The van der Waals surface area contributed by atoms with E-state index in [-0.39, 0.29) is 5.69 Å². The highest BCUT2D eigenvalue weighted by molar-refractivity contribution is 5.96. The minimum Gasteiger partial charge on any atom is -0.457 e. The fraction of sp³-hybridized carbons (Fsp3) is 0.130. The molecule has 3 aromatic rings. The first-order chi connectivity index (χ1) is 15.3. The number of amides is 1. The molecule has 0 aromatic heterocycles. The monoisotopic (exact) mass is 436 g/mol. The second kappa shape index (κ2) is 8.46. The SMILES string of the molecule is CC(OC(=O)C1c2ccccc2Oc2ccccc21)C(=O)Nc1ccc(F)c([N+](=O)[O-])c1. The van der Waals surface area contributed by atoms with Crippen LogP contribution in [-0.4, -0.2) is 22.9 Å². The Balaban J connectivity index is 1.53. The standard InChI is InChI=1S/C23H17FN2O6/c1-13(22(27)25-14-10-11-17(24)18(12-14)26(29)30)31-23(28)21-15-6-2-4-8-19(15)32-20-9-5-3-7-16(20)21/h2-13,21H,1H3,(H,25,27). The van der Waals surface area contributed by atoms with Crippen LogP contribution in [0.3, 0.4) is 0 Å². The van der Waals surface area contributed by atoms with E-state index in [1.807, 2.05) is 0 Å². The van der Waals surface area contributed by atoms with Gasteiger partial charge in [0.1, 0.15) is 17.4 Å². The van der Waals surface area contributed by atoms with Crippen LogP contribution in [0.15, 0.2) is 66.7 Å². The number of carbonyl (C=O) groups excluding carboxylic acids is 2. The first-order valence-electron chi connectivity index (χ1n) is 9.66. The van der Waals surface area contributed by atoms with Gasteiger partial charge in [-0.15, -0.1) is 0 Å². The van der Waals surface area contributed by atoms with Gasteiger partial charge in [0.25, 0.3) is 5.91 Å². The number of nitro groups is 1. The summed E-state index contributed by atoms with van der Waals surface area (Å²) < 4.78 is 24.8. The van der Waals surface area contributed by atoms with Crippen LogP contribution in [0.25, 0.3) is 0 Å². The van der Waals surface area contributed by atoms with E-state index in [9.17, 15) is 24.1 Å². The van der Waals surface area contributed by atoms with Crippen molar-refractivity contribution in [1.29, 1.82) is 0 Å². The quantitative estimate of drug-likeness (QED) is 0.357. The van der Waals surface area contributed by atoms with Crippen molar-refractivity contribution in [2.45, 2.75) is 18.9 Å². The highest BCUT2D eigenvalue weighted by Crippen LogP contribution is 2.44. The second-order valence-corrected chi connectivity index (χ2v) is 7.10. The molecule has 162 valence electrons. The van der Waals surface area contributed by atoms with Crippen molar-refractivity contribution in [2.75, 3.05) is 5.32 Å². The van der Waals surface area contributed by atoms with Crippen LogP contribution >= 0.6 is 0 Å². The summed E-state index contributed by atoms with van der Waals surface area (Å²) in [6.07, 6.45) is -1.21. The highest BCUT2D eigenvalue weighted by atomic mass is 19.1. The second-order valence-electron chi connectivity index (χ2n) is 7.10. The molecule has 1 heterocycles. The van der Waals surface area contributed by atoms with Gasteiger partial charge in [-0.05, 0) is 31.2 Å². The number of nitrogens with zero attached hydrogens (tertiary/aromatic N) is 1. The lowest BCUT2D eigenvalue weighted by atomic mass is 9.88. The third kappa shape index (κ3) is 4.00. The van der Waals surface area contributed by atoms with E-state index in [0.717, 1.165) is 12.1 Å². The number of nitrogens with one attached hydrogen (secondary N) is 1. The molecule has 0 saturated carbocycles. The van der Waals surface area contributed by atoms with Crippen molar-refractivity contribution >= 4 is 23.3 Å². The van der Waals surface area contributed by atoms with Gasteiger partial charge in [0.05, 0.1) is 4.92 Å². The summed E-state index contributed by atoms with van der Waals surface area (Å²) in [5.74, 6) is -2.15. The van der Waals surface area contributed by atoms with Crippen LogP contribution < -0.4 is 10.1 Å². The molecular weight excluding hydrogens is 419 g/mol. The van der Waals surface area contributed by atoms with Crippen molar-refractivity contribution in [3.8, 4) is 11.5 Å². The van der Waals surface area contributed by atoms with Crippen LogP contribution in [0.2, 0.25) is 0 Å². The normalized spacial score (nSPS) is 13.2. The van der Waals surface area contributed by atoms with Gasteiger partial charge in [-0.25, -0.2) is 0 Å². The molecule has 1 atom stereocenters. The number of benzene rings is 3. The molecule has 0 spiro atoms. The maximum Gasteiger partial charge on any atom is 0.318 e. The Morgan fingerprint density at radius 2 is 1.66 bits per heavy atom. The summed E-state index contributed by atoms with van der Waals surface area (Å²) in [4.78, 5) is 35.6. The molecule has 1 amide bonds. The van der Waals surface area contributed by atoms with Gasteiger partial charge < -0.3 is 14.8 Å². The van der Waals surface area contributed by atoms with E-state index in [4.69, 9.17) is 9.47 Å². The fourth-order valence-electron chi connectivity index (χ4n) is 3.43. The van der Waals surface area contributed by atoms with Crippen LogP contribution in [0, 0.1) is 15.9 Å². The van der Waals surface area contributed by atoms with E-state index in [1.165, 1.54) is 13.0 Å². The molecule has 32 heavy (non-hydrogen) atoms. The van der Waals surface area contributed by atoms with Crippen molar-refractivity contribution in [2.24, 2.45) is 0 Å². The van der Waals surface area contributed by atoms with Gasteiger partial charge in [-0.1, -0.05) is 36.4 Å². The van der Waals surface area contributed by atoms with E-state index < -0.39 is 40.3 Å². The first kappa shape index (κ1) is 21.0. The maximum absolute atomic E-state index is 13.5. The largest absolute Gasteiger partial charge is 0.457 e. The van der Waals surface area contributed by atoms with Gasteiger partial charge in [0, 0.05) is 22.9 Å². The number of hydrogen-bond acceptors (Lipinski definition) is 6. The Kier molecular flexibility index (Phi) is 5.55. The zero-order valence-electron chi connectivity index (χ0n) is 16.8. The molecule has 1 aliphatic rings. The first-order valence-corrected chi connectivity index (χ1v) is 9.66. The van der Waals surface area contributed by atoms with E-state index >= 15 is 0 Å². The van der Waals surface area contributed by atoms with Crippen molar-refractivity contribution in [3.63, 3.8) is 0 Å². The molecule has 9 heteroatoms. The Bertz CT molecular complexity index is 1180. The fourth-order valence-corrected chi connectivity index (χ4v) is 3.43. The molecular formula is C23H17FN2O6. The highest BCUT2D eigenvalue weighted by Gasteiger charge is 2.35. The number of nitro benzene ring substituents is 1. The van der Waals surface area contributed by atoms with Crippen LogP contribution in [0.4, 0.5) is 15.8 Å². The Morgan fingerprint density at radius 3 is 2.25 bits per heavy atom. The topological polar surface area (TPSA) is 108 Å². The summed E-state index contributed by atoms with van der Waals surface area (Å²) in [5.41, 5.74) is 0.451. The number of para-hydroxylation sites is 2. The number of rotatable bonds is 5. The van der Waals surface area contributed by atoms with Gasteiger partial charge in [0.15, 0.2) is 6.10 Å². The summed E-state index contributed by atoms with van der Waals surface area (Å²) >= 11 is 0. The number of ether oxygens (including phenoxy) is 2. The predicted octanol–water partition coefficient (Wildman–Crippen LogP) is 4.54. The van der Waals surface area contributed by atoms with E-state index in [2.05, 4.69) is 5.32 Å². The number of anilines is 1. The molecule has 1 unspecified atom stereocenters. The maximum atomic E-state index is 13.5. The molecule has 0 saturated heterocycles. The minimum absolute atomic E-state index is 0.00718. The van der Waals surface area contributed by atoms with Crippen molar-refractivity contribution in [1.82, 2.24) is 0 Å². The summed E-state index contributed by atoms with van der Waals surface area (Å²) in [6, 6.07) is 17.0. The number of carbonyl (C=O) groups is 2. The lowest BCUT2D eigenvalue weighted by molar-refractivity contribution is -0.387.